The summed E-state index contributed by atoms with van der Waals surface area (Å²) < 4.78 is 18.1. The normalized spacial score (nSPS) is 10.8. The van der Waals surface area contributed by atoms with Crippen LogP contribution in [0.2, 0.25) is 0 Å². The molecule has 0 saturated carbocycles. The molecule has 0 unspecified atom stereocenters. The Labute approximate surface area is 183 Å². The van der Waals surface area contributed by atoms with Crippen molar-refractivity contribution in [3.63, 3.8) is 0 Å². The van der Waals surface area contributed by atoms with Crippen LogP contribution in [0.15, 0.2) is 42.7 Å². The third kappa shape index (κ3) is 4.31. The van der Waals surface area contributed by atoms with E-state index >= 15 is 0 Å². The summed E-state index contributed by atoms with van der Waals surface area (Å²) in [5.74, 6) is 1.38. The number of ether oxygens (including phenoxy) is 3. The Balaban J connectivity index is 1.44. The standard InChI is InChI=1S/C22H22N4O4S/c1-13-20(31-21(24-13)16-7-6-15(28-3)10-19(16)29-4)11-30-22(27)25-14-5-8-18-17(9-14)23-12-26(18)2/h5-10,12H,11H2,1-4H3,(H,25,27). The Morgan fingerprint density at radius 1 is 1.16 bits per heavy atom. The highest BCUT2D eigenvalue weighted by atomic mass is 32.1. The number of hydrogen-bond donors (Lipinski definition) is 1. The van der Waals surface area contributed by atoms with Gasteiger partial charge in [-0.2, -0.15) is 0 Å². The van der Waals surface area contributed by atoms with Crippen LogP contribution in [0.4, 0.5) is 10.5 Å². The van der Waals surface area contributed by atoms with Crippen molar-refractivity contribution in [2.24, 2.45) is 7.05 Å². The number of carbonyl (C=O) groups is 1. The number of anilines is 1. The zero-order valence-corrected chi connectivity index (χ0v) is 18.4. The third-order valence-electron chi connectivity index (χ3n) is 4.84. The molecule has 0 fully saturated rings. The van der Waals surface area contributed by atoms with Gasteiger partial charge in [-0.1, -0.05) is 0 Å². The van der Waals surface area contributed by atoms with E-state index in [2.05, 4.69) is 15.3 Å². The van der Waals surface area contributed by atoms with E-state index in [0.29, 0.717) is 17.2 Å². The number of methoxy groups -OCH3 is 2. The number of hydrogen-bond acceptors (Lipinski definition) is 7. The molecule has 31 heavy (non-hydrogen) atoms. The summed E-state index contributed by atoms with van der Waals surface area (Å²) in [6, 6.07) is 11.1. The molecule has 0 saturated heterocycles. The summed E-state index contributed by atoms with van der Waals surface area (Å²) in [7, 11) is 5.14. The predicted molar refractivity (Wildman–Crippen MR) is 120 cm³/mol. The van der Waals surface area contributed by atoms with Crippen LogP contribution < -0.4 is 14.8 Å². The second-order valence-electron chi connectivity index (χ2n) is 6.85. The van der Waals surface area contributed by atoms with Gasteiger partial charge in [0.25, 0.3) is 0 Å². The van der Waals surface area contributed by atoms with Crippen molar-refractivity contribution in [1.29, 1.82) is 0 Å². The van der Waals surface area contributed by atoms with Crippen molar-refractivity contribution in [2.45, 2.75) is 13.5 Å². The first-order valence-corrected chi connectivity index (χ1v) is 10.3. The lowest BCUT2D eigenvalue weighted by atomic mass is 10.2. The number of fused-ring (bicyclic) bond motifs is 1. The van der Waals surface area contributed by atoms with Crippen LogP contribution in [0.5, 0.6) is 11.5 Å². The van der Waals surface area contributed by atoms with E-state index in [9.17, 15) is 4.79 Å². The molecule has 0 bridgehead atoms. The van der Waals surface area contributed by atoms with E-state index in [0.717, 1.165) is 32.2 Å². The molecule has 160 valence electrons. The van der Waals surface area contributed by atoms with Crippen LogP contribution in [0.3, 0.4) is 0 Å². The zero-order valence-electron chi connectivity index (χ0n) is 17.6. The van der Waals surface area contributed by atoms with E-state index in [1.54, 1.807) is 20.5 Å². The van der Waals surface area contributed by atoms with Crippen molar-refractivity contribution < 1.29 is 19.0 Å². The molecule has 2 aromatic heterocycles. The third-order valence-corrected chi connectivity index (χ3v) is 6.00. The Hall–Kier alpha value is -3.59. The maximum absolute atomic E-state index is 12.3. The van der Waals surface area contributed by atoms with Crippen LogP contribution in [0.25, 0.3) is 21.6 Å². The second-order valence-corrected chi connectivity index (χ2v) is 7.94. The van der Waals surface area contributed by atoms with Crippen LogP contribution in [-0.2, 0) is 18.4 Å². The summed E-state index contributed by atoms with van der Waals surface area (Å²) in [6.07, 6.45) is 1.20. The number of nitrogens with zero attached hydrogens (tertiary/aromatic N) is 3. The lowest BCUT2D eigenvalue weighted by Gasteiger charge is -2.08. The van der Waals surface area contributed by atoms with E-state index < -0.39 is 6.09 Å². The molecular weight excluding hydrogens is 416 g/mol. The summed E-state index contributed by atoms with van der Waals surface area (Å²) in [6.45, 7) is 2.02. The highest BCUT2D eigenvalue weighted by Gasteiger charge is 2.16. The highest BCUT2D eigenvalue weighted by Crippen LogP contribution is 2.36. The van der Waals surface area contributed by atoms with Gasteiger partial charge < -0.3 is 18.8 Å². The fourth-order valence-corrected chi connectivity index (χ4v) is 4.16. The zero-order chi connectivity index (χ0) is 22.0. The first kappa shape index (κ1) is 20.7. The van der Waals surface area contributed by atoms with Crippen LogP contribution in [-0.4, -0.2) is 34.8 Å². The fraction of sp³-hybridized carbons (Fsp3) is 0.227. The highest BCUT2D eigenvalue weighted by molar-refractivity contribution is 7.15. The van der Waals surface area contributed by atoms with Gasteiger partial charge in [-0.25, -0.2) is 14.8 Å². The molecule has 0 spiro atoms. The Bertz CT molecular complexity index is 1250. The number of aromatic nitrogens is 3. The monoisotopic (exact) mass is 438 g/mol. The number of imidazole rings is 1. The molecule has 2 heterocycles. The van der Waals surface area contributed by atoms with Crippen LogP contribution >= 0.6 is 11.3 Å². The quantitative estimate of drug-likeness (QED) is 0.467. The Morgan fingerprint density at radius 2 is 2.00 bits per heavy atom. The molecule has 8 nitrogen and oxygen atoms in total. The SMILES string of the molecule is COc1ccc(-c2nc(C)c(COC(=O)Nc3ccc4c(c3)ncn4C)s2)c(OC)c1. The van der Waals surface area contributed by atoms with Gasteiger partial charge in [0.2, 0.25) is 0 Å². The molecule has 2 aromatic carbocycles. The van der Waals surface area contributed by atoms with Gasteiger partial charge in [0.1, 0.15) is 23.1 Å². The van der Waals surface area contributed by atoms with Crippen LogP contribution in [0, 0.1) is 6.92 Å². The number of benzene rings is 2. The van der Waals surface area contributed by atoms with Crippen molar-refractivity contribution in [1.82, 2.24) is 14.5 Å². The second kappa shape index (κ2) is 8.65. The maximum Gasteiger partial charge on any atom is 0.411 e. The van der Waals surface area contributed by atoms with Crippen molar-refractivity contribution >= 4 is 34.2 Å². The number of carbonyl (C=O) groups excluding carboxylic acids is 1. The van der Waals surface area contributed by atoms with Gasteiger partial charge in [-0.3, -0.25) is 5.32 Å². The summed E-state index contributed by atoms with van der Waals surface area (Å²) in [5, 5.41) is 3.53. The molecule has 0 radical (unpaired) electrons. The van der Waals surface area contributed by atoms with E-state index in [4.69, 9.17) is 14.2 Å². The molecule has 1 N–H and O–H groups in total. The number of amides is 1. The van der Waals surface area contributed by atoms with Crippen molar-refractivity contribution in [3.8, 4) is 22.1 Å². The lowest BCUT2D eigenvalue weighted by Crippen LogP contribution is -2.13. The lowest BCUT2D eigenvalue weighted by molar-refractivity contribution is 0.156. The number of thiazole rings is 1. The van der Waals surface area contributed by atoms with E-state index in [1.165, 1.54) is 11.3 Å². The minimum Gasteiger partial charge on any atom is -0.497 e. The number of rotatable bonds is 6. The molecule has 0 aliphatic carbocycles. The van der Waals surface area contributed by atoms with Gasteiger partial charge in [0, 0.05) is 18.8 Å². The van der Waals surface area contributed by atoms with E-state index in [-0.39, 0.29) is 6.61 Å². The summed E-state index contributed by atoms with van der Waals surface area (Å²) in [4.78, 5) is 22.1. The molecule has 0 aliphatic heterocycles. The van der Waals surface area contributed by atoms with Gasteiger partial charge in [-0.05, 0) is 37.3 Å². The molecule has 0 atom stereocenters. The average molecular weight is 439 g/mol. The predicted octanol–water partition coefficient (Wildman–Crippen LogP) is 4.77. The minimum atomic E-state index is -0.536. The number of nitrogens with one attached hydrogen (secondary N) is 1. The van der Waals surface area contributed by atoms with Crippen LogP contribution in [0.1, 0.15) is 10.6 Å². The summed E-state index contributed by atoms with van der Waals surface area (Å²) >= 11 is 1.46. The molecule has 4 aromatic rings. The largest absolute Gasteiger partial charge is 0.497 e. The van der Waals surface area contributed by atoms with Gasteiger partial charge in [0.05, 0.1) is 47.7 Å². The molecule has 0 aliphatic rings. The Morgan fingerprint density at radius 3 is 2.77 bits per heavy atom. The van der Waals surface area contributed by atoms with Gasteiger partial charge in [0.15, 0.2) is 0 Å². The van der Waals surface area contributed by atoms with Gasteiger partial charge >= 0.3 is 6.09 Å². The molecule has 4 rings (SSSR count). The topological polar surface area (TPSA) is 87.5 Å². The van der Waals surface area contributed by atoms with Gasteiger partial charge in [-0.15, -0.1) is 11.3 Å². The first-order valence-electron chi connectivity index (χ1n) is 9.52. The number of aryl methyl sites for hydroxylation is 2. The first-order chi connectivity index (χ1) is 15.0. The average Bonchev–Trinajstić information content (AvgIpc) is 3.33. The van der Waals surface area contributed by atoms with Crippen molar-refractivity contribution in [2.75, 3.05) is 19.5 Å². The Kier molecular flexibility index (Phi) is 5.77. The summed E-state index contributed by atoms with van der Waals surface area (Å²) in [5.41, 5.74) is 4.08. The van der Waals surface area contributed by atoms with Crippen molar-refractivity contribution in [3.05, 3.63) is 53.3 Å². The molecular formula is C22H22N4O4S. The molecule has 9 heteroatoms. The minimum absolute atomic E-state index is 0.125. The van der Waals surface area contributed by atoms with E-state index in [1.807, 2.05) is 54.9 Å². The smallest absolute Gasteiger partial charge is 0.411 e. The maximum atomic E-state index is 12.3. The molecule has 1 amide bonds. The fourth-order valence-electron chi connectivity index (χ4n) is 3.15.